The molecule has 59 heavy (non-hydrogen) atoms. The van der Waals surface area contributed by atoms with E-state index in [0.29, 0.717) is 78.8 Å². The smallest absolute Gasteiger partial charge is 0.418 e. The highest BCUT2D eigenvalue weighted by atomic mass is 19.4. The summed E-state index contributed by atoms with van der Waals surface area (Å²) < 4.78 is 66.0. The average Bonchev–Trinajstić information content (AvgIpc) is 3.51. The third kappa shape index (κ3) is 9.40. The minimum absolute atomic E-state index is 0.00483. The molecular formula is C42H50F4N8O5. The zero-order valence-corrected chi connectivity index (χ0v) is 33.5. The van der Waals surface area contributed by atoms with Gasteiger partial charge in [0.05, 0.1) is 18.9 Å². The summed E-state index contributed by atoms with van der Waals surface area (Å²) in [5, 5.41) is 12.4. The third-order valence-corrected chi connectivity index (χ3v) is 12.1. The Kier molecular flexibility index (Phi) is 12.3. The molecule has 2 aromatic heterocycles. The van der Waals surface area contributed by atoms with Gasteiger partial charge in [0, 0.05) is 94.1 Å². The number of aryl methyl sites for hydroxylation is 1. The maximum atomic E-state index is 16.0. The number of hydrogen-bond donors (Lipinski definition) is 3. The molecule has 4 aliphatic rings. The first-order valence-corrected chi connectivity index (χ1v) is 20.1. The molecular weight excluding hydrogens is 773 g/mol. The predicted octanol–water partition coefficient (Wildman–Crippen LogP) is 5.66. The number of halogens is 4. The third-order valence-electron chi connectivity index (χ3n) is 12.1. The van der Waals surface area contributed by atoms with Crippen LogP contribution in [-0.2, 0) is 32.3 Å². The minimum atomic E-state index is -4.63. The normalized spacial score (nSPS) is 21.4. The summed E-state index contributed by atoms with van der Waals surface area (Å²) in [4.78, 5) is 55.6. The van der Waals surface area contributed by atoms with Crippen molar-refractivity contribution in [3.05, 3.63) is 81.4 Å². The van der Waals surface area contributed by atoms with Gasteiger partial charge in [-0.15, -0.1) is 0 Å². The molecule has 3 N–H and O–H groups in total. The second-order valence-corrected chi connectivity index (χ2v) is 16.0. The summed E-state index contributed by atoms with van der Waals surface area (Å²) in [5.41, 5.74) is 1.31. The van der Waals surface area contributed by atoms with Crippen molar-refractivity contribution in [1.29, 1.82) is 0 Å². The van der Waals surface area contributed by atoms with Crippen molar-refractivity contribution in [2.24, 2.45) is 13.0 Å². The van der Waals surface area contributed by atoms with Crippen LogP contribution in [0.15, 0.2) is 64.7 Å². The number of ether oxygens (including phenoxy) is 1. The number of piperidine rings is 2. The van der Waals surface area contributed by atoms with Crippen molar-refractivity contribution in [2.45, 2.75) is 76.0 Å². The van der Waals surface area contributed by atoms with E-state index in [9.17, 15) is 32.3 Å². The van der Waals surface area contributed by atoms with E-state index < -0.39 is 29.6 Å². The number of imide groups is 1. The second-order valence-electron chi connectivity index (χ2n) is 16.0. The van der Waals surface area contributed by atoms with E-state index in [2.05, 4.69) is 25.7 Å². The SMILES string of the molecule is COC1=CC(c2cn(C)c(=O)c3[nH]ncc23)=CC(F)=C(CN2CCCC(N(C)C(=O)CC3CCN(c4ccc(NC5CCC(=O)NC5=O)cc4C(F)(F)F)CC3)CC2)C1. The van der Waals surface area contributed by atoms with Crippen molar-refractivity contribution < 1.29 is 36.7 Å². The van der Waals surface area contributed by atoms with Gasteiger partial charge in [-0.2, -0.15) is 18.3 Å². The van der Waals surface area contributed by atoms with E-state index in [4.69, 9.17) is 4.74 Å². The summed E-state index contributed by atoms with van der Waals surface area (Å²) in [6.07, 6.45) is 6.24. The molecule has 5 heterocycles. The first kappa shape index (κ1) is 41.7. The highest BCUT2D eigenvalue weighted by molar-refractivity contribution is 6.01. The van der Waals surface area contributed by atoms with Crippen LogP contribution in [0.1, 0.15) is 68.9 Å². The molecule has 316 valence electrons. The van der Waals surface area contributed by atoms with Crippen LogP contribution in [0.5, 0.6) is 0 Å². The molecule has 0 spiro atoms. The molecule has 1 aliphatic carbocycles. The van der Waals surface area contributed by atoms with E-state index in [1.807, 2.05) is 11.9 Å². The lowest BCUT2D eigenvalue weighted by Crippen LogP contribution is -2.47. The number of rotatable bonds is 10. The molecule has 7 rings (SSSR count). The number of carbonyl (C=O) groups is 3. The number of amides is 3. The van der Waals surface area contributed by atoms with E-state index in [1.54, 1.807) is 37.5 Å². The molecule has 0 saturated carbocycles. The first-order valence-electron chi connectivity index (χ1n) is 20.1. The molecule has 3 aliphatic heterocycles. The number of nitrogens with zero attached hydrogens (tertiary/aromatic N) is 5. The number of aromatic nitrogens is 3. The number of hydrogen-bond acceptors (Lipinski definition) is 9. The average molecular weight is 823 g/mol. The molecule has 2 atom stereocenters. The lowest BCUT2D eigenvalue weighted by atomic mass is 9.91. The lowest BCUT2D eigenvalue weighted by molar-refractivity contribution is -0.137. The van der Waals surface area contributed by atoms with E-state index >= 15 is 4.39 Å². The predicted molar refractivity (Wildman–Crippen MR) is 215 cm³/mol. The number of aromatic amines is 1. The molecule has 3 saturated heterocycles. The quantitative estimate of drug-likeness (QED) is 0.174. The Morgan fingerprint density at radius 2 is 1.83 bits per heavy atom. The molecule has 13 nitrogen and oxygen atoms in total. The lowest BCUT2D eigenvalue weighted by Gasteiger charge is -2.36. The Balaban J connectivity index is 0.933. The van der Waals surface area contributed by atoms with Gasteiger partial charge in [0.15, 0.2) is 0 Å². The highest BCUT2D eigenvalue weighted by Gasteiger charge is 2.37. The molecule has 2 unspecified atom stereocenters. The Hall–Kier alpha value is -5.45. The summed E-state index contributed by atoms with van der Waals surface area (Å²) in [6.45, 7) is 2.53. The number of anilines is 2. The molecule has 3 amide bonds. The zero-order chi connectivity index (χ0) is 42.0. The van der Waals surface area contributed by atoms with Crippen molar-refractivity contribution in [2.75, 3.05) is 57.1 Å². The zero-order valence-electron chi connectivity index (χ0n) is 33.5. The number of likely N-dealkylation sites (tertiary alicyclic amines) is 1. The fraction of sp³-hybridized carbons (Fsp3) is 0.500. The summed E-state index contributed by atoms with van der Waals surface area (Å²) in [7, 11) is 5.02. The van der Waals surface area contributed by atoms with Crippen LogP contribution in [0.25, 0.3) is 16.5 Å². The molecule has 3 aromatic rings. The number of benzene rings is 1. The van der Waals surface area contributed by atoms with Crippen molar-refractivity contribution >= 4 is 45.6 Å². The van der Waals surface area contributed by atoms with Gasteiger partial charge in [0.25, 0.3) is 5.56 Å². The Morgan fingerprint density at radius 3 is 2.56 bits per heavy atom. The van der Waals surface area contributed by atoms with Crippen LogP contribution in [0, 0.1) is 5.92 Å². The number of carbonyl (C=O) groups excluding carboxylic acids is 3. The highest BCUT2D eigenvalue weighted by Crippen LogP contribution is 2.40. The van der Waals surface area contributed by atoms with Gasteiger partial charge in [-0.25, -0.2) is 4.39 Å². The van der Waals surface area contributed by atoms with Crippen molar-refractivity contribution in [3.8, 4) is 0 Å². The van der Waals surface area contributed by atoms with Gasteiger partial charge in [0.1, 0.15) is 23.1 Å². The second kappa shape index (κ2) is 17.4. The monoisotopic (exact) mass is 822 g/mol. The number of allylic oxidation sites excluding steroid dienone is 5. The topological polar surface area (TPSA) is 145 Å². The maximum absolute atomic E-state index is 16.0. The van der Waals surface area contributed by atoms with E-state index in [0.717, 1.165) is 31.9 Å². The van der Waals surface area contributed by atoms with Crippen LogP contribution >= 0.6 is 0 Å². The van der Waals surface area contributed by atoms with E-state index in [1.165, 1.54) is 22.8 Å². The Labute approximate surface area is 339 Å². The number of H-pyrrole nitrogens is 1. The molecule has 1 aromatic carbocycles. The summed E-state index contributed by atoms with van der Waals surface area (Å²) in [5.74, 6) is -0.698. The maximum Gasteiger partial charge on any atom is 0.418 e. The minimum Gasteiger partial charge on any atom is -0.501 e. The summed E-state index contributed by atoms with van der Waals surface area (Å²) >= 11 is 0. The van der Waals surface area contributed by atoms with Gasteiger partial charge in [-0.3, -0.25) is 34.5 Å². The van der Waals surface area contributed by atoms with Crippen molar-refractivity contribution in [3.63, 3.8) is 0 Å². The number of pyridine rings is 1. The standard InChI is InChI=1S/C42H50F4N8O5/c1-51-24-32(31-22-47-50-39(31)41(51)58)26-18-30(59-3)19-27(34(43)20-26)23-53-13-4-5-29(12-14-53)52(2)38(56)17-25-10-15-54(16-11-25)36-8-6-28(21-33(36)42(44,45)46)48-35-7-9-37(55)49-40(35)57/h6,8,18,20-22,24-25,29,35,48H,4-5,7,9-17,19,23H2,1-3H3,(H,47,50)(H,49,55,57). The molecule has 17 heteroatoms. The number of nitrogens with one attached hydrogen (secondary N) is 3. The fourth-order valence-electron chi connectivity index (χ4n) is 8.69. The van der Waals surface area contributed by atoms with Crippen molar-refractivity contribution in [1.82, 2.24) is 29.9 Å². The van der Waals surface area contributed by atoms with Gasteiger partial charge in [0.2, 0.25) is 17.7 Å². The van der Waals surface area contributed by atoms with Crippen LogP contribution in [0.3, 0.4) is 0 Å². The van der Waals surface area contributed by atoms with Crippen LogP contribution in [-0.4, -0.2) is 101 Å². The first-order chi connectivity index (χ1) is 28.2. The fourth-order valence-corrected chi connectivity index (χ4v) is 8.69. The number of alkyl halides is 3. The van der Waals surface area contributed by atoms with Crippen LogP contribution in [0.4, 0.5) is 28.9 Å². The largest absolute Gasteiger partial charge is 0.501 e. The molecule has 0 bridgehead atoms. The molecule has 0 radical (unpaired) electrons. The van der Waals surface area contributed by atoms with Gasteiger partial charge in [-0.05, 0) is 92.5 Å². The Morgan fingerprint density at radius 1 is 1.05 bits per heavy atom. The van der Waals surface area contributed by atoms with Gasteiger partial charge in [-0.1, -0.05) is 0 Å². The number of fused-ring (bicyclic) bond motifs is 1. The van der Waals surface area contributed by atoms with E-state index in [-0.39, 0.29) is 59.9 Å². The summed E-state index contributed by atoms with van der Waals surface area (Å²) in [6, 6.07) is 3.15. The Bertz CT molecular complexity index is 2250. The van der Waals surface area contributed by atoms with Crippen LogP contribution < -0.4 is 21.1 Å². The van der Waals surface area contributed by atoms with Gasteiger partial charge >= 0.3 is 6.18 Å². The molecule has 3 fully saturated rings. The van der Waals surface area contributed by atoms with Gasteiger partial charge < -0.3 is 24.4 Å². The number of methoxy groups -OCH3 is 1. The van der Waals surface area contributed by atoms with Crippen LogP contribution in [0.2, 0.25) is 0 Å².